The number of methoxy groups -OCH3 is 1. The van der Waals surface area contributed by atoms with Crippen LogP contribution >= 0.6 is 0 Å². The van der Waals surface area contributed by atoms with E-state index in [1.807, 2.05) is 19.1 Å². The molecule has 0 N–H and O–H groups in total. The molecule has 1 aromatic rings. The minimum Gasteiger partial charge on any atom is -0.465 e. The number of carbonyl (C=O) groups is 3. The summed E-state index contributed by atoms with van der Waals surface area (Å²) < 4.78 is 15.5. The summed E-state index contributed by atoms with van der Waals surface area (Å²) in [6.07, 6.45) is 3.95. The summed E-state index contributed by atoms with van der Waals surface area (Å²) in [4.78, 5) is 38.3. The van der Waals surface area contributed by atoms with Gasteiger partial charge in [0.2, 0.25) is 0 Å². The quantitative estimate of drug-likeness (QED) is 0.261. The first-order valence-corrected chi connectivity index (χ1v) is 11.7. The number of ether oxygens (including phenoxy) is 3. The minimum atomic E-state index is -0.647. The second kappa shape index (κ2) is 12.9. The van der Waals surface area contributed by atoms with Crippen molar-refractivity contribution in [3.8, 4) is 0 Å². The second-order valence-corrected chi connectivity index (χ2v) is 7.84. The minimum absolute atomic E-state index is 0.165. The summed E-state index contributed by atoms with van der Waals surface area (Å²) in [7, 11) is 1.34. The van der Waals surface area contributed by atoms with Crippen molar-refractivity contribution >= 4 is 18.2 Å². The number of esters is 1. The zero-order valence-corrected chi connectivity index (χ0v) is 20.4. The topological polar surface area (TPSA) is 85.4 Å². The molecule has 1 aliphatic heterocycles. The van der Waals surface area contributed by atoms with Gasteiger partial charge in [0, 0.05) is 6.42 Å². The fourth-order valence-corrected chi connectivity index (χ4v) is 4.09. The summed E-state index contributed by atoms with van der Waals surface area (Å²) in [5, 5.41) is 2.61. The standard InChI is InChI=1S/C25H36N2O6/c1-6-9-10-11-15-20-18(4)26(24(29)32-7-2)27(25(30)33-8-3)22(20)17-19-14-12-13-16-21(19)23(28)31-5/h12-14,16,18H,6-11,15,17H2,1-5H3. The molecule has 1 aliphatic rings. The van der Waals surface area contributed by atoms with Crippen LogP contribution in [0.15, 0.2) is 35.5 Å². The van der Waals surface area contributed by atoms with Crippen molar-refractivity contribution in [2.24, 2.45) is 0 Å². The zero-order valence-electron chi connectivity index (χ0n) is 20.4. The molecule has 0 aromatic heterocycles. The van der Waals surface area contributed by atoms with Crippen molar-refractivity contribution in [1.82, 2.24) is 10.0 Å². The number of allylic oxidation sites excluding steroid dienone is 1. The Morgan fingerprint density at radius 3 is 2.24 bits per heavy atom. The lowest BCUT2D eigenvalue weighted by atomic mass is 9.95. The predicted octanol–water partition coefficient (Wildman–Crippen LogP) is 5.47. The SMILES string of the molecule is CCCCCCC1=C(Cc2ccccc2C(=O)OC)N(C(=O)OCC)N(C(=O)OCC)C1C. The average molecular weight is 461 g/mol. The number of benzene rings is 1. The molecule has 1 heterocycles. The third-order valence-corrected chi connectivity index (χ3v) is 5.69. The van der Waals surface area contributed by atoms with Gasteiger partial charge in [-0.1, -0.05) is 44.4 Å². The number of amides is 2. The van der Waals surface area contributed by atoms with E-state index in [4.69, 9.17) is 14.2 Å². The predicted molar refractivity (Wildman–Crippen MR) is 124 cm³/mol. The summed E-state index contributed by atoms with van der Waals surface area (Å²) in [5.74, 6) is -0.452. The molecule has 0 radical (unpaired) electrons. The van der Waals surface area contributed by atoms with Crippen molar-refractivity contribution in [2.75, 3.05) is 20.3 Å². The van der Waals surface area contributed by atoms with Crippen LogP contribution in [-0.2, 0) is 20.6 Å². The first-order valence-electron chi connectivity index (χ1n) is 11.7. The largest absolute Gasteiger partial charge is 0.465 e. The highest BCUT2D eigenvalue weighted by atomic mass is 16.6. The first-order chi connectivity index (χ1) is 15.9. The highest BCUT2D eigenvalue weighted by Gasteiger charge is 2.44. The fraction of sp³-hybridized carbons (Fsp3) is 0.560. The van der Waals surface area contributed by atoms with E-state index in [9.17, 15) is 14.4 Å². The number of hydrogen-bond donors (Lipinski definition) is 0. The van der Waals surface area contributed by atoms with Crippen LogP contribution in [0.3, 0.4) is 0 Å². The fourth-order valence-electron chi connectivity index (χ4n) is 4.09. The van der Waals surface area contributed by atoms with Gasteiger partial charge < -0.3 is 14.2 Å². The third kappa shape index (κ3) is 6.27. The Morgan fingerprint density at radius 1 is 0.939 bits per heavy atom. The molecule has 0 aliphatic carbocycles. The maximum atomic E-state index is 13.0. The monoisotopic (exact) mass is 460 g/mol. The molecule has 1 aromatic carbocycles. The Kier molecular flexibility index (Phi) is 10.2. The number of unbranched alkanes of at least 4 members (excludes halogenated alkanes) is 3. The zero-order chi connectivity index (χ0) is 24.4. The van der Waals surface area contributed by atoms with E-state index in [2.05, 4.69) is 6.92 Å². The molecule has 0 spiro atoms. The lowest BCUT2D eigenvalue weighted by molar-refractivity contribution is -0.000630. The van der Waals surface area contributed by atoms with Crippen LogP contribution in [0.25, 0.3) is 0 Å². The molecule has 2 rings (SSSR count). The maximum absolute atomic E-state index is 13.0. The number of nitrogens with zero attached hydrogens (tertiary/aromatic N) is 2. The van der Waals surface area contributed by atoms with Gasteiger partial charge in [-0.3, -0.25) is 0 Å². The highest BCUT2D eigenvalue weighted by molar-refractivity contribution is 5.91. The highest BCUT2D eigenvalue weighted by Crippen LogP contribution is 2.36. The first kappa shape index (κ1) is 26.2. The van der Waals surface area contributed by atoms with Crippen LogP contribution in [0.2, 0.25) is 0 Å². The smallest absolute Gasteiger partial charge is 0.433 e. The second-order valence-electron chi connectivity index (χ2n) is 7.84. The number of hydrogen-bond acceptors (Lipinski definition) is 6. The van der Waals surface area contributed by atoms with E-state index in [1.165, 1.54) is 17.1 Å². The molecule has 1 atom stereocenters. The van der Waals surface area contributed by atoms with Gasteiger partial charge in [0.05, 0.1) is 37.6 Å². The van der Waals surface area contributed by atoms with E-state index in [-0.39, 0.29) is 25.7 Å². The summed E-state index contributed by atoms with van der Waals surface area (Å²) in [6, 6.07) is 6.74. The van der Waals surface area contributed by atoms with Gasteiger partial charge in [-0.15, -0.1) is 0 Å². The van der Waals surface area contributed by atoms with Gasteiger partial charge in [-0.25, -0.2) is 19.4 Å². The van der Waals surface area contributed by atoms with Gasteiger partial charge in [0.15, 0.2) is 0 Å². The maximum Gasteiger partial charge on any atom is 0.433 e. The number of rotatable bonds is 10. The van der Waals surface area contributed by atoms with E-state index in [1.54, 1.807) is 26.0 Å². The van der Waals surface area contributed by atoms with Gasteiger partial charge >= 0.3 is 18.2 Å². The van der Waals surface area contributed by atoms with Crippen LogP contribution in [0, 0.1) is 0 Å². The molecule has 1 unspecified atom stereocenters. The molecular weight excluding hydrogens is 424 g/mol. The summed E-state index contributed by atoms with van der Waals surface area (Å²) >= 11 is 0. The van der Waals surface area contributed by atoms with Crippen molar-refractivity contribution in [1.29, 1.82) is 0 Å². The Hall–Kier alpha value is -3.03. The van der Waals surface area contributed by atoms with E-state index in [0.717, 1.165) is 37.7 Å². The molecule has 0 saturated heterocycles. The normalized spacial score (nSPS) is 15.6. The van der Waals surface area contributed by atoms with Gasteiger partial charge in [-0.05, 0) is 50.8 Å². The lowest BCUT2D eigenvalue weighted by Gasteiger charge is -2.31. The van der Waals surface area contributed by atoms with Gasteiger partial charge in [-0.2, -0.15) is 5.01 Å². The average Bonchev–Trinajstić information content (AvgIpc) is 3.08. The molecule has 182 valence electrons. The van der Waals surface area contributed by atoms with E-state index < -0.39 is 18.2 Å². The van der Waals surface area contributed by atoms with Crippen LogP contribution in [0.4, 0.5) is 9.59 Å². The Labute approximate surface area is 196 Å². The van der Waals surface area contributed by atoms with Crippen molar-refractivity contribution in [3.05, 3.63) is 46.7 Å². The molecule has 33 heavy (non-hydrogen) atoms. The molecule has 0 bridgehead atoms. The van der Waals surface area contributed by atoms with Crippen molar-refractivity contribution in [3.63, 3.8) is 0 Å². The summed E-state index contributed by atoms with van der Waals surface area (Å²) in [6.45, 7) is 7.83. The number of carbonyl (C=O) groups excluding carboxylic acids is 3. The molecule has 0 fully saturated rings. The van der Waals surface area contributed by atoms with Gasteiger partial charge in [0.25, 0.3) is 0 Å². The van der Waals surface area contributed by atoms with Crippen LogP contribution < -0.4 is 0 Å². The molecule has 2 amide bonds. The van der Waals surface area contributed by atoms with E-state index in [0.29, 0.717) is 16.8 Å². The Morgan fingerprint density at radius 2 is 1.61 bits per heavy atom. The van der Waals surface area contributed by atoms with Crippen molar-refractivity contribution in [2.45, 2.75) is 72.3 Å². The number of hydrazine groups is 1. The molecule has 8 nitrogen and oxygen atoms in total. The van der Waals surface area contributed by atoms with Crippen molar-refractivity contribution < 1.29 is 28.6 Å². The Bertz CT molecular complexity index is 866. The van der Waals surface area contributed by atoms with Crippen LogP contribution in [0.5, 0.6) is 0 Å². The molecule has 0 saturated carbocycles. The summed E-state index contributed by atoms with van der Waals surface area (Å²) in [5.41, 5.74) is 2.73. The van der Waals surface area contributed by atoms with Gasteiger partial charge in [0.1, 0.15) is 0 Å². The third-order valence-electron chi connectivity index (χ3n) is 5.69. The van der Waals surface area contributed by atoms with Crippen LogP contribution in [-0.4, -0.2) is 54.5 Å². The van der Waals surface area contributed by atoms with E-state index >= 15 is 0 Å². The van der Waals surface area contributed by atoms with Crippen LogP contribution in [0.1, 0.15) is 75.7 Å². The molecule has 8 heteroatoms. The molecular formula is C25H36N2O6. The Balaban J connectivity index is 2.54. The lowest BCUT2D eigenvalue weighted by Crippen LogP contribution is -2.49.